The van der Waals surface area contributed by atoms with Crippen molar-refractivity contribution in [1.82, 2.24) is 15.0 Å². The average molecular weight is 355 g/mol. The van der Waals surface area contributed by atoms with Crippen LogP contribution in [-0.2, 0) is 6.18 Å². The molecule has 0 fully saturated rings. The van der Waals surface area contributed by atoms with Gasteiger partial charge in [0.05, 0.1) is 6.20 Å². The van der Waals surface area contributed by atoms with Crippen LogP contribution >= 0.6 is 11.6 Å². The first-order valence-corrected chi connectivity index (χ1v) is 6.93. The van der Waals surface area contributed by atoms with Gasteiger partial charge in [0.2, 0.25) is 0 Å². The molecule has 4 aromatic rings. The number of oxazole rings is 2. The fraction of sp³-hybridized carbons (Fsp3) is 0.0714. The molecular weight excluding hydrogens is 349 g/mol. The van der Waals surface area contributed by atoms with Gasteiger partial charge in [-0.2, -0.15) is 23.1 Å². The predicted molar refractivity (Wildman–Crippen MR) is 79.1 cm³/mol. The molecule has 3 aromatic heterocycles. The lowest BCUT2D eigenvalue weighted by Crippen LogP contribution is -2.06. The molecule has 4 rings (SSSR count). The highest BCUT2D eigenvalue weighted by molar-refractivity contribution is 6.31. The van der Waals surface area contributed by atoms with Crippen molar-refractivity contribution < 1.29 is 22.0 Å². The van der Waals surface area contributed by atoms with E-state index >= 15 is 0 Å². The van der Waals surface area contributed by atoms with E-state index in [1.165, 1.54) is 0 Å². The Morgan fingerprint density at radius 3 is 2.42 bits per heavy atom. The number of anilines is 2. The van der Waals surface area contributed by atoms with Gasteiger partial charge < -0.3 is 8.83 Å². The molecule has 3 heterocycles. The molecule has 0 aliphatic rings. The summed E-state index contributed by atoms with van der Waals surface area (Å²) in [7, 11) is 0. The maximum atomic E-state index is 12.6. The highest BCUT2D eigenvalue weighted by Crippen LogP contribution is 2.31. The highest BCUT2D eigenvalue weighted by Gasteiger charge is 2.33. The van der Waals surface area contributed by atoms with Gasteiger partial charge in [-0.25, -0.2) is 4.98 Å². The van der Waals surface area contributed by atoms with Crippen LogP contribution in [0.5, 0.6) is 0 Å². The van der Waals surface area contributed by atoms with E-state index in [0.29, 0.717) is 16.1 Å². The molecular formula is C14H6ClF3N4O2. The molecule has 0 bridgehead atoms. The number of pyridine rings is 1. The third kappa shape index (κ3) is 2.62. The van der Waals surface area contributed by atoms with Crippen molar-refractivity contribution in [2.45, 2.75) is 6.18 Å². The second-order valence-electron chi connectivity index (χ2n) is 4.81. The smallest absolute Gasteiger partial charge is 0.423 e. The number of hydrogen-bond acceptors (Lipinski definition) is 6. The summed E-state index contributed by atoms with van der Waals surface area (Å²) in [6.45, 7) is 0. The summed E-state index contributed by atoms with van der Waals surface area (Å²) < 4.78 is 48.6. The van der Waals surface area contributed by atoms with Crippen LogP contribution in [0.25, 0.3) is 22.2 Å². The van der Waals surface area contributed by atoms with Crippen LogP contribution in [0.15, 0.2) is 39.3 Å². The SMILES string of the molecule is FC(F)(F)c1cc2oc(Nc3nc4cc(Cl)ccc4o3)nc2cn1. The van der Waals surface area contributed by atoms with Crippen molar-refractivity contribution in [3.05, 3.63) is 41.2 Å². The van der Waals surface area contributed by atoms with Gasteiger partial charge in [-0.05, 0) is 18.2 Å². The van der Waals surface area contributed by atoms with Crippen LogP contribution < -0.4 is 5.32 Å². The molecule has 0 radical (unpaired) electrons. The Morgan fingerprint density at radius 1 is 0.958 bits per heavy atom. The van der Waals surface area contributed by atoms with Gasteiger partial charge in [-0.15, -0.1) is 0 Å². The quantitative estimate of drug-likeness (QED) is 0.558. The maximum absolute atomic E-state index is 12.6. The first-order valence-electron chi connectivity index (χ1n) is 6.55. The lowest BCUT2D eigenvalue weighted by molar-refractivity contribution is -0.141. The molecule has 1 N–H and O–H groups in total. The van der Waals surface area contributed by atoms with Crippen molar-refractivity contribution in [1.29, 1.82) is 0 Å². The van der Waals surface area contributed by atoms with Crippen LogP contribution in [0.4, 0.5) is 25.2 Å². The van der Waals surface area contributed by atoms with Crippen LogP contribution in [0.1, 0.15) is 5.69 Å². The number of halogens is 4. The number of aromatic nitrogens is 3. The molecule has 6 nitrogen and oxygen atoms in total. The van der Waals surface area contributed by atoms with Gasteiger partial charge in [0.1, 0.15) is 16.7 Å². The molecule has 0 amide bonds. The first kappa shape index (κ1) is 14.8. The Kier molecular flexibility index (Phi) is 3.14. The lowest BCUT2D eigenvalue weighted by Gasteiger charge is -2.03. The fourth-order valence-corrected chi connectivity index (χ4v) is 2.25. The molecule has 0 atom stereocenters. The predicted octanol–water partition coefficient (Wildman–Crippen LogP) is 4.78. The van der Waals surface area contributed by atoms with Gasteiger partial charge in [-0.1, -0.05) is 11.6 Å². The summed E-state index contributed by atoms with van der Waals surface area (Å²) in [6, 6.07) is 5.67. The normalized spacial score (nSPS) is 12.2. The zero-order chi connectivity index (χ0) is 16.9. The van der Waals surface area contributed by atoms with Gasteiger partial charge in [0.15, 0.2) is 11.2 Å². The molecule has 10 heteroatoms. The molecule has 24 heavy (non-hydrogen) atoms. The van der Waals surface area contributed by atoms with Gasteiger partial charge in [-0.3, -0.25) is 5.32 Å². The molecule has 0 saturated heterocycles. The molecule has 0 saturated carbocycles. The Hall–Kier alpha value is -2.81. The number of hydrogen-bond donors (Lipinski definition) is 1. The minimum absolute atomic E-state index is 0.0565. The van der Waals surface area contributed by atoms with Crippen molar-refractivity contribution in [2.24, 2.45) is 0 Å². The van der Waals surface area contributed by atoms with E-state index in [1.807, 2.05) is 0 Å². The van der Waals surface area contributed by atoms with E-state index in [0.717, 1.165) is 12.3 Å². The van der Waals surface area contributed by atoms with Crippen LogP contribution in [0.3, 0.4) is 0 Å². The highest BCUT2D eigenvalue weighted by atomic mass is 35.5. The summed E-state index contributed by atoms with van der Waals surface area (Å²) in [6.07, 6.45) is -3.58. The minimum Gasteiger partial charge on any atom is -0.423 e. The molecule has 0 aliphatic carbocycles. The van der Waals surface area contributed by atoms with E-state index in [2.05, 4.69) is 20.3 Å². The standard InChI is InChI=1S/C14H6ClF3N4O2/c15-6-1-2-9-7(3-6)20-12(23-9)22-13-21-8-5-19-11(14(16,17)18)4-10(8)24-13/h1-5H,(H,20,21,22). The Morgan fingerprint density at radius 2 is 1.67 bits per heavy atom. The van der Waals surface area contributed by atoms with Gasteiger partial charge in [0.25, 0.3) is 0 Å². The molecule has 0 aliphatic heterocycles. The Bertz CT molecular complexity index is 1060. The van der Waals surface area contributed by atoms with E-state index in [1.54, 1.807) is 18.2 Å². The summed E-state index contributed by atoms with van der Waals surface area (Å²) in [5.74, 6) is 0. The number of benzene rings is 1. The molecule has 122 valence electrons. The number of alkyl halides is 3. The second kappa shape index (κ2) is 5.10. The maximum Gasteiger partial charge on any atom is 0.433 e. The number of nitrogens with one attached hydrogen (secondary N) is 1. The topological polar surface area (TPSA) is 77.0 Å². The van der Waals surface area contributed by atoms with E-state index in [9.17, 15) is 13.2 Å². The van der Waals surface area contributed by atoms with Crippen molar-refractivity contribution >= 4 is 45.8 Å². The average Bonchev–Trinajstić information content (AvgIpc) is 3.07. The number of fused-ring (bicyclic) bond motifs is 2. The lowest BCUT2D eigenvalue weighted by atomic mass is 10.3. The van der Waals surface area contributed by atoms with Crippen LogP contribution in [-0.4, -0.2) is 15.0 Å². The summed E-state index contributed by atoms with van der Waals surface area (Å²) in [5, 5.41) is 3.15. The van der Waals surface area contributed by atoms with Crippen molar-refractivity contribution in [2.75, 3.05) is 5.32 Å². The van der Waals surface area contributed by atoms with Crippen LogP contribution in [0, 0.1) is 0 Å². The van der Waals surface area contributed by atoms with Crippen LogP contribution in [0.2, 0.25) is 5.02 Å². The Labute approximate surface area is 136 Å². The van der Waals surface area contributed by atoms with E-state index < -0.39 is 11.9 Å². The largest absolute Gasteiger partial charge is 0.433 e. The molecule has 1 aromatic carbocycles. The third-order valence-corrected chi connectivity index (χ3v) is 3.36. The zero-order valence-corrected chi connectivity index (χ0v) is 12.3. The van der Waals surface area contributed by atoms with Gasteiger partial charge >= 0.3 is 18.2 Å². The van der Waals surface area contributed by atoms with Gasteiger partial charge in [0, 0.05) is 11.1 Å². The van der Waals surface area contributed by atoms with E-state index in [4.69, 9.17) is 20.4 Å². The summed E-state index contributed by atoms with van der Waals surface area (Å²) in [5.41, 5.74) is 0.0546. The van der Waals surface area contributed by atoms with E-state index in [-0.39, 0.29) is 23.1 Å². The van der Waals surface area contributed by atoms with Crippen molar-refractivity contribution in [3.63, 3.8) is 0 Å². The minimum atomic E-state index is -4.56. The molecule has 0 unspecified atom stereocenters. The molecule has 0 spiro atoms. The zero-order valence-electron chi connectivity index (χ0n) is 11.6. The first-order chi connectivity index (χ1) is 11.4. The number of nitrogens with zero attached hydrogens (tertiary/aromatic N) is 3. The third-order valence-electron chi connectivity index (χ3n) is 3.13. The van der Waals surface area contributed by atoms with Crippen molar-refractivity contribution in [3.8, 4) is 0 Å². The number of rotatable bonds is 2. The monoisotopic (exact) mass is 354 g/mol. The Balaban J connectivity index is 1.68. The second-order valence-corrected chi connectivity index (χ2v) is 5.25. The summed E-state index contributed by atoms with van der Waals surface area (Å²) >= 11 is 5.86. The fourth-order valence-electron chi connectivity index (χ4n) is 2.09. The summed E-state index contributed by atoms with van der Waals surface area (Å²) in [4.78, 5) is 11.4.